The summed E-state index contributed by atoms with van der Waals surface area (Å²) in [5.74, 6) is 2.74. The van der Waals surface area contributed by atoms with Crippen molar-refractivity contribution in [3.05, 3.63) is 96.1 Å². The Kier molecular flexibility index (Phi) is 10.9. The third-order valence-electron chi connectivity index (χ3n) is 17.8. The third kappa shape index (κ3) is 8.05. The van der Waals surface area contributed by atoms with Crippen LogP contribution in [-0.4, -0.2) is 159 Å². The average Bonchev–Trinajstić information content (AvgIpc) is 4.41. The molecule has 6 saturated heterocycles. The van der Waals surface area contributed by atoms with Crippen LogP contribution in [0, 0.1) is 5.41 Å². The molecule has 0 aliphatic carbocycles. The number of hydrogen-bond acceptors (Lipinski definition) is 16. The van der Waals surface area contributed by atoms with Crippen LogP contribution in [-0.2, 0) is 27.3 Å². The number of ether oxygens (including phenoxy) is 3. The van der Waals surface area contributed by atoms with Gasteiger partial charge in [0, 0.05) is 110 Å². The summed E-state index contributed by atoms with van der Waals surface area (Å²) in [6.45, 7) is 12.4. The van der Waals surface area contributed by atoms with Gasteiger partial charge in [-0.25, -0.2) is 29.9 Å². The number of fused-ring (bicyclic) bond motifs is 10. The molecule has 14 heterocycles. The number of nitrogens with zero attached hydrogens (tertiary/aromatic N) is 11. The van der Waals surface area contributed by atoms with Crippen LogP contribution in [0.2, 0.25) is 0 Å². The van der Waals surface area contributed by atoms with Gasteiger partial charge in [-0.1, -0.05) is 24.3 Å². The molecular formula is C59H61N13O5. The van der Waals surface area contributed by atoms with E-state index >= 15 is 0 Å². The van der Waals surface area contributed by atoms with Gasteiger partial charge in [0.25, 0.3) is 0 Å². The molecule has 10 aromatic rings. The highest BCUT2D eigenvalue weighted by molar-refractivity contribution is 6.08. The predicted octanol–water partition coefficient (Wildman–Crippen LogP) is 8.85. The molecule has 0 radical (unpaired) electrons. The first-order valence-corrected chi connectivity index (χ1v) is 27.7. The van der Waals surface area contributed by atoms with Gasteiger partial charge in [-0.3, -0.25) is 9.80 Å². The first kappa shape index (κ1) is 46.1. The summed E-state index contributed by atoms with van der Waals surface area (Å²) in [5, 5.41) is 3.86. The van der Waals surface area contributed by atoms with E-state index < -0.39 is 0 Å². The second-order valence-corrected chi connectivity index (χ2v) is 22.7. The van der Waals surface area contributed by atoms with Crippen molar-refractivity contribution < 1.29 is 23.0 Å². The minimum Gasteiger partial charge on any atom is -0.432 e. The Morgan fingerprint density at radius 1 is 0.623 bits per heavy atom. The molecule has 2 bridgehead atoms. The molecule has 3 unspecified atom stereocenters. The Labute approximate surface area is 443 Å². The Morgan fingerprint density at radius 3 is 1.99 bits per heavy atom. The molecule has 0 amide bonds. The van der Waals surface area contributed by atoms with Gasteiger partial charge in [-0.2, -0.15) is 0 Å². The summed E-state index contributed by atoms with van der Waals surface area (Å²) in [6.07, 6.45) is 14.3. The lowest BCUT2D eigenvalue weighted by molar-refractivity contribution is -0.0410. The van der Waals surface area contributed by atoms with E-state index in [2.05, 4.69) is 96.1 Å². The van der Waals surface area contributed by atoms with Crippen LogP contribution in [0.1, 0.15) is 54.9 Å². The summed E-state index contributed by atoms with van der Waals surface area (Å²) < 4.78 is 32.0. The van der Waals surface area contributed by atoms with Crippen molar-refractivity contribution in [3.8, 4) is 22.8 Å². The van der Waals surface area contributed by atoms with E-state index in [4.69, 9.17) is 52.9 Å². The van der Waals surface area contributed by atoms with E-state index in [0.717, 1.165) is 135 Å². The molecule has 3 atom stereocenters. The van der Waals surface area contributed by atoms with Gasteiger partial charge in [-0.05, 0) is 106 Å². The van der Waals surface area contributed by atoms with Crippen LogP contribution in [0.25, 0.3) is 89.0 Å². The summed E-state index contributed by atoms with van der Waals surface area (Å²) >= 11 is 0. The highest BCUT2D eigenvalue weighted by Crippen LogP contribution is 2.43. The van der Waals surface area contributed by atoms with E-state index in [9.17, 15) is 0 Å². The van der Waals surface area contributed by atoms with E-state index in [1.54, 1.807) is 0 Å². The molecular weight excluding hydrogens is 971 g/mol. The van der Waals surface area contributed by atoms with Crippen molar-refractivity contribution in [2.75, 3.05) is 102 Å². The molecule has 6 aliphatic heterocycles. The summed E-state index contributed by atoms with van der Waals surface area (Å²) in [7, 11) is 2.26. The van der Waals surface area contributed by atoms with Gasteiger partial charge in [0.15, 0.2) is 34.5 Å². The van der Waals surface area contributed by atoms with Crippen LogP contribution in [0.5, 0.6) is 0 Å². The molecule has 6 aliphatic rings. The summed E-state index contributed by atoms with van der Waals surface area (Å²) in [5.41, 5.74) is 11.6. The van der Waals surface area contributed by atoms with Crippen molar-refractivity contribution in [2.45, 2.75) is 63.5 Å². The number of furan rings is 2. The highest BCUT2D eigenvalue weighted by atomic mass is 16.5. The fraction of sp³-hybridized carbons (Fsp3) is 0.424. The van der Waals surface area contributed by atoms with Crippen molar-refractivity contribution in [1.82, 2.24) is 54.6 Å². The lowest BCUT2D eigenvalue weighted by Gasteiger charge is -2.39. The summed E-state index contributed by atoms with van der Waals surface area (Å²) in [4.78, 5) is 50.4. The molecule has 2 aromatic carbocycles. The lowest BCUT2D eigenvalue weighted by atomic mass is 9.78. The number of nitrogens with one attached hydrogen (secondary N) is 2. The number of morpholine rings is 3. The number of likely N-dealkylation sites (tertiary alicyclic amines) is 3. The van der Waals surface area contributed by atoms with Crippen molar-refractivity contribution in [3.63, 3.8) is 0 Å². The number of piperidine rings is 1. The number of hydrogen-bond donors (Lipinski definition) is 2. The SMILES string of the molecule is CN1CCC2(CCN(Cc3cnc4oc5c(N6CCOC(c7ccc(-c8nc(N9CCOCC9)c9oc%10ncc(CN%11CC%12CCC(C%11)O%12)cc%10c9n8)c8cc[nH]c78)C6)nc(-c6cccc7[nH]ccc67)nc5c4c3)CC2)C1. The highest BCUT2D eigenvalue weighted by Gasteiger charge is 2.40. The monoisotopic (exact) mass is 1030 g/mol. The minimum absolute atomic E-state index is 0.306. The molecule has 18 heteroatoms. The van der Waals surface area contributed by atoms with E-state index in [0.29, 0.717) is 97.9 Å². The van der Waals surface area contributed by atoms with Gasteiger partial charge < -0.3 is 47.7 Å². The fourth-order valence-electron chi connectivity index (χ4n) is 13.8. The first-order valence-electron chi connectivity index (χ1n) is 27.7. The number of benzene rings is 2. The molecule has 8 aromatic heterocycles. The zero-order valence-electron chi connectivity index (χ0n) is 43.3. The molecule has 392 valence electrons. The van der Waals surface area contributed by atoms with Crippen molar-refractivity contribution >= 4 is 77.8 Å². The Hall–Kier alpha value is -7.06. The molecule has 6 fully saturated rings. The zero-order chi connectivity index (χ0) is 50.8. The number of anilines is 2. The Morgan fingerprint density at radius 2 is 1.27 bits per heavy atom. The van der Waals surface area contributed by atoms with Crippen LogP contribution in [0.3, 0.4) is 0 Å². The van der Waals surface area contributed by atoms with Crippen LogP contribution >= 0.6 is 0 Å². The molecule has 0 saturated carbocycles. The normalized spacial score (nSPS) is 22.7. The second-order valence-electron chi connectivity index (χ2n) is 22.7. The third-order valence-corrected chi connectivity index (χ3v) is 17.8. The molecule has 77 heavy (non-hydrogen) atoms. The summed E-state index contributed by atoms with van der Waals surface area (Å²) in [6, 6.07) is 19.2. The van der Waals surface area contributed by atoms with Gasteiger partial charge >= 0.3 is 0 Å². The Balaban J connectivity index is 0.745. The van der Waals surface area contributed by atoms with Crippen molar-refractivity contribution in [2.24, 2.45) is 5.41 Å². The number of H-pyrrole nitrogens is 2. The minimum atomic E-state index is -0.306. The molecule has 2 N–H and O–H groups in total. The lowest BCUT2D eigenvalue weighted by Crippen LogP contribution is -2.41. The van der Waals surface area contributed by atoms with Crippen molar-refractivity contribution in [1.29, 1.82) is 0 Å². The van der Waals surface area contributed by atoms with Gasteiger partial charge in [0.05, 0.1) is 54.9 Å². The molecule has 16 rings (SSSR count). The number of rotatable bonds is 9. The number of aromatic amines is 2. The van der Waals surface area contributed by atoms with Crippen LogP contribution in [0.4, 0.5) is 11.6 Å². The maximum Gasteiger partial charge on any atom is 0.229 e. The van der Waals surface area contributed by atoms with E-state index in [1.807, 2.05) is 24.8 Å². The molecule has 18 nitrogen and oxygen atoms in total. The zero-order valence-corrected chi connectivity index (χ0v) is 43.3. The standard InChI is InChI=1S/C59H61N13O5/c1-68-16-11-59(34-68)12-17-69(18-13-59)29-35-25-44-50-52(77-58(44)62-27-35)56(67-53(64-50)41-3-2-4-46-39(41)9-14-60-46)72-21-24-74-47(33-72)43-8-7-42(40-10-15-61-48(40)43)54-65-49-45-26-36(30-70-31-37-5-6-38(32-70)75-37)28-63-57(45)76-51(49)55(66-54)71-19-22-73-23-20-71/h2-4,7-10,14-15,25-28,37-38,47,60-61H,5-6,11-13,16-24,29-34H2,1H3. The maximum atomic E-state index is 6.75. The smallest absolute Gasteiger partial charge is 0.229 e. The van der Waals surface area contributed by atoms with Crippen LogP contribution in [0.15, 0.2) is 88.2 Å². The van der Waals surface area contributed by atoms with Gasteiger partial charge in [0.1, 0.15) is 17.1 Å². The Bertz CT molecular complexity index is 3900. The van der Waals surface area contributed by atoms with E-state index in [-0.39, 0.29) is 6.10 Å². The first-order chi connectivity index (χ1) is 37.9. The average molecular weight is 1030 g/mol. The largest absolute Gasteiger partial charge is 0.432 e. The molecule has 1 spiro atoms. The van der Waals surface area contributed by atoms with Gasteiger partial charge in [-0.15, -0.1) is 0 Å². The topological polar surface area (TPSA) is 179 Å². The van der Waals surface area contributed by atoms with Gasteiger partial charge in [0.2, 0.25) is 11.4 Å². The fourth-order valence-corrected chi connectivity index (χ4v) is 13.8. The number of aromatic nitrogens is 8. The second kappa shape index (κ2) is 18.3. The quantitative estimate of drug-likeness (QED) is 0.140. The number of pyridine rings is 2. The van der Waals surface area contributed by atoms with E-state index in [1.165, 1.54) is 32.4 Å². The predicted molar refractivity (Wildman–Crippen MR) is 295 cm³/mol. The maximum absolute atomic E-state index is 6.75. The van der Waals surface area contributed by atoms with Crippen LogP contribution < -0.4 is 9.80 Å².